The molecule has 0 saturated carbocycles. The summed E-state index contributed by atoms with van der Waals surface area (Å²) >= 11 is 0. The number of hydrogen-bond acceptors (Lipinski definition) is 6. The number of rotatable bonds is 2. The number of methoxy groups -OCH3 is 1. The lowest BCUT2D eigenvalue weighted by Crippen LogP contribution is -2.29. The molecule has 1 aliphatic heterocycles. The second kappa shape index (κ2) is 5.01. The molecule has 0 bridgehead atoms. The van der Waals surface area contributed by atoms with Crippen molar-refractivity contribution in [1.82, 2.24) is 0 Å². The van der Waals surface area contributed by atoms with Gasteiger partial charge in [-0.05, 0) is 13.0 Å². The van der Waals surface area contributed by atoms with Crippen LogP contribution in [0.15, 0.2) is 21.3 Å². The Hall–Kier alpha value is -2.50. The van der Waals surface area contributed by atoms with Crippen molar-refractivity contribution >= 4 is 16.9 Å². The van der Waals surface area contributed by atoms with Crippen molar-refractivity contribution in [3.8, 4) is 17.2 Å². The third kappa shape index (κ3) is 2.17. The Kier molecular flexibility index (Phi) is 3.35. The van der Waals surface area contributed by atoms with Gasteiger partial charge in [-0.25, -0.2) is 4.79 Å². The monoisotopic (exact) mass is 318 g/mol. The van der Waals surface area contributed by atoms with Crippen LogP contribution in [-0.2, 0) is 10.2 Å². The van der Waals surface area contributed by atoms with Gasteiger partial charge in [-0.1, -0.05) is 13.8 Å². The molecular formula is C17H18O6. The molecule has 2 aromatic rings. The molecule has 0 fully saturated rings. The first-order valence-electron chi connectivity index (χ1n) is 7.30. The molecule has 1 aliphatic rings. The van der Waals surface area contributed by atoms with E-state index in [4.69, 9.17) is 18.6 Å². The summed E-state index contributed by atoms with van der Waals surface area (Å²) in [6.45, 7) is 7.20. The first-order chi connectivity index (χ1) is 10.8. The summed E-state index contributed by atoms with van der Waals surface area (Å²) < 4.78 is 22.1. The molecule has 2 heterocycles. The fourth-order valence-electron chi connectivity index (χ4n) is 2.89. The maximum absolute atomic E-state index is 11.7. The van der Waals surface area contributed by atoms with Gasteiger partial charge in [0.25, 0.3) is 0 Å². The van der Waals surface area contributed by atoms with E-state index in [1.165, 1.54) is 20.1 Å². The quantitative estimate of drug-likeness (QED) is 0.481. The van der Waals surface area contributed by atoms with Gasteiger partial charge in [-0.2, -0.15) is 0 Å². The molecule has 1 aromatic carbocycles. The summed E-state index contributed by atoms with van der Waals surface area (Å²) in [7, 11) is 1.46. The summed E-state index contributed by atoms with van der Waals surface area (Å²) in [6, 6.07) is 2.91. The van der Waals surface area contributed by atoms with Crippen molar-refractivity contribution in [2.45, 2.75) is 39.2 Å². The van der Waals surface area contributed by atoms with Gasteiger partial charge >= 0.3 is 11.6 Å². The number of ether oxygens (including phenoxy) is 3. The minimum absolute atomic E-state index is 0.187. The van der Waals surface area contributed by atoms with Crippen LogP contribution in [-0.4, -0.2) is 19.2 Å². The Labute approximate surface area is 132 Å². The molecule has 0 amide bonds. The molecule has 0 radical (unpaired) electrons. The van der Waals surface area contributed by atoms with E-state index < -0.39 is 17.0 Å². The van der Waals surface area contributed by atoms with Crippen LogP contribution in [0.5, 0.6) is 17.2 Å². The van der Waals surface area contributed by atoms with Gasteiger partial charge in [-0.3, -0.25) is 4.79 Å². The van der Waals surface area contributed by atoms with E-state index >= 15 is 0 Å². The predicted molar refractivity (Wildman–Crippen MR) is 83.5 cm³/mol. The SMILES string of the molecule is COc1c(OC(C)=O)c2c(c3oc(=O)ccc13)C(C)(C)C(C)O2. The Morgan fingerprint density at radius 3 is 2.57 bits per heavy atom. The fraction of sp³-hybridized carbons (Fsp3) is 0.412. The van der Waals surface area contributed by atoms with Gasteiger partial charge in [0.15, 0.2) is 11.5 Å². The van der Waals surface area contributed by atoms with Crippen molar-refractivity contribution < 1.29 is 23.4 Å². The van der Waals surface area contributed by atoms with Crippen molar-refractivity contribution in [3.05, 3.63) is 28.1 Å². The third-order valence-corrected chi connectivity index (χ3v) is 4.35. The lowest BCUT2D eigenvalue weighted by atomic mass is 9.80. The van der Waals surface area contributed by atoms with Gasteiger partial charge < -0.3 is 18.6 Å². The zero-order valence-corrected chi connectivity index (χ0v) is 13.7. The minimum Gasteiger partial charge on any atom is -0.492 e. The normalized spacial score (nSPS) is 18.4. The van der Waals surface area contributed by atoms with Crippen LogP contribution in [0.2, 0.25) is 0 Å². The maximum Gasteiger partial charge on any atom is 0.336 e. The fourth-order valence-corrected chi connectivity index (χ4v) is 2.89. The van der Waals surface area contributed by atoms with Crippen LogP contribution in [0.4, 0.5) is 0 Å². The summed E-state index contributed by atoms with van der Waals surface area (Å²) in [5.41, 5.74) is 0.216. The Morgan fingerprint density at radius 2 is 1.96 bits per heavy atom. The smallest absolute Gasteiger partial charge is 0.336 e. The predicted octanol–water partition coefficient (Wildman–Crippen LogP) is 2.79. The summed E-state index contributed by atoms with van der Waals surface area (Å²) in [5.74, 6) is 0.427. The van der Waals surface area contributed by atoms with Gasteiger partial charge in [0, 0.05) is 18.4 Å². The van der Waals surface area contributed by atoms with Crippen molar-refractivity contribution in [1.29, 1.82) is 0 Å². The van der Waals surface area contributed by atoms with E-state index in [2.05, 4.69) is 0 Å². The summed E-state index contributed by atoms with van der Waals surface area (Å²) in [6.07, 6.45) is -0.187. The molecule has 1 atom stereocenters. The molecule has 0 spiro atoms. The standard InChI is InChI=1S/C17H18O6/c1-8-17(3,4)12-13-10(6-7-11(19)23-13)14(20-5)16(15(12)21-8)22-9(2)18/h6-8H,1-5H3. The Bertz CT molecular complexity index is 861. The molecule has 0 aliphatic carbocycles. The van der Waals surface area contributed by atoms with Crippen molar-refractivity contribution in [3.63, 3.8) is 0 Å². The van der Waals surface area contributed by atoms with E-state index in [1.807, 2.05) is 20.8 Å². The van der Waals surface area contributed by atoms with Crippen LogP contribution < -0.4 is 19.8 Å². The van der Waals surface area contributed by atoms with E-state index in [0.29, 0.717) is 28.0 Å². The molecule has 3 rings (SSSR count). The second-order valence-corrected chi connectivity index (χ2v) is 6.14. The van der Waals surface area contributed by atoms with E-state index in [1.54, 1.807) is 6.07 Å². The summed E-state index contributed by atoms with van der Waals surface area (Å²) in [4.78, 5) is 23.2. The summed E-state index contributed by atoms with van der Waals surface area (Å²) in [5, 5.41) is 0.563. The van der Waals surface area contributed by atoms with E-state index in [-0.39, 0.29) is 11.9 Å². The molecule has 23 heavy (non-hydrogen) atoms. The van der Waals surface area contributed by atoms with E-state index in [0.717, 1.165) is 0 Å². The Balaban J connectivity index is 2.50. The molecule has 6 heteroatoms. The second-order valence-electron chi connectivity index (χ2n) is 6.14. The van der Waals surface area contributed by atoms with Crippen LogP contribution >= 0.6 is 0 Å². The first kappa shape index (κ1) is 15.4. The highest BCUT2D eigenvalue weighted by Crippen LogP contribution is 2.55. The lowest BCUT2D eigenvalue weighted by Gasteiger charge is -2.22. The molecule has 0 saturated heterocycles. The average molecular weight is 318 g/mol. The van der Waals surface area contributed by atoms with Crippen molar-refractivity contribution in [2.24, 2.45) is 0 Å². The van der Waals surface area contributed by atoms with Crippen molar-refractivity contribution in [2.75, 3.05) is 7.11 Å². The van der Waals surface area contributed by atoms with Crippen LogP contribution in [0.25, 0.3) is 11.0 Å². The molecule has 1 aromatic heterocycles. The zero-order valence-electron chi connectivity index (χ0n) is 13.7. The maximum atomic E-state index is 11.7. The highest BCUT2D eigenvalue weighted by atomic mass is 16.6. The Morgan fingerprint density at radius 1 is 1.26 bits per heavy atom. The van der Waals surface area contributed by atoms with Gasteiger partial charge in [0.2, 0.25) is 5.75 Å². The minimum atomic E-state index is -0.483. The van der Waals surface area contributed by atoms with E-state index in [9.17, 15) is 9.59 Å². The zero-order chi connectivity index (χ0) is 16.9. The highest BCUT2D eigenvalue weighted by Gasteiger charge is 2.45. The molecule has 122 valence electrons. The third-order valence-electron chi connectivity index (χ3n) is 4.35. The number of hydrogen-bond donors (Lipinski definition) is 0. The molecule has 6 nitrogen and oxygen atoms in total. The van der Waals surface area contributed by atoms with Crippen LogP contribution in [0, 0.1) is 0 Å². The topological polar surface area (TPSA) is 75.0 Å². The first-order valence-corrected chi connectivity index (χ1v) is 7.30. The molecule has 0 N–H and O–H groups in total. The largest absolute Gasteiger partial charge is 0.492 e. The number of carbonyl (C=O) groups is 1. The van der Waals surface area contributed by atoms with Gasteiger partial charge in [0.05, 0.1) is 18.1 Å². The molecular weight excluding hydrogens is 300 g/mol. The number of carbonyl (C=O) groups excluding carboxylic acids is 1. The van der Waals surface area contributed by atoms with Gasteiger partial charge in [-0.15, -0.1) is 0 Å². The number of benzene rings is 1. The number of fused-ring (bicyclic) bond motifs is 3. The average Bonchev–Trinajstić information content (AvgIpc) is 2.70. The van der Waals surface area contributed by atoms with Crippen LogP contribution in [0.1, 0.15) is 33.3 Å². The lowest BCUT2D eigenvalue weighted by molar-refractivity contribution is -0.132. The van der Waals surface area contributed by atoms with Gasteiger partial charge in [0.1, 0.15) is 11.7 Å². The van der Waals surface area contributed by atoms with Crippen LogP contribution in [0.3, 0.4) is 0 Å². The molecule has 1 unspecified atom stereocenters. The number of esters is 1. The highest BCUT2D eigenvalue weighted by molar-refractivity contribution is 5.94.